The quantitative estimate of drug-likeness (QED) is 0.834. The molecule has 1 aliphatic heterocycles. The van der Waals surface area contributed by atoms with Crippen molar-refractivity contribution in [3.63, 3.8) is 0 Å². The van der Waals surface area contributed by atoms with Gasteiger partial charge in [-0.1, -0.05) is 6.07 Å². The third kappa shape index (κ3) is 3.96. The van der Waals surface area contributed by atoms with Crippen molar-refractivity contribution >= 4 is 21.4 Å². The number of aromatic hydroxyl groups is 1. The van der Waals surface area contributed by atoms with Crippen LogP contribution in [-0.4, -0.2) is 30.9 Å². The first-order valence-electron chi connectivity index (χ1n) is 6.65. The van der Waals surface area contributed by atoms with Gasteiger partial charge >= 0.3 is 0 Å². The molecule has 0 aromatic heterocycles. The van der Waals surface area contributed by atoms with Gasteiger partial charge in [0.25, 0.3) is 0 Å². The summed E-state index contributed by atoms with van der Waals surface area (Å²) in [7, 11) is -2.89. The maximum atomic E-state index is 11.9. The van der Waals surface area contributed by atoms with Gasteiger partial charge in [0.15, 0.2) is 0 Å². The molecule has 1 heterocycles. The Morgan fingerprint density at radius 3 is 2.60 bits per heavy atom. The van der Waals surface area contributed by atoms with Crippen LogP contribution in [0, 0.1) is 12.8 Å². The highest BCUT2D eigenvalue weighted by Crippen LogP contribution is 2.26. The Kier molecular flexibility index (Phi) is 4.32. The largest absolute Gasteiger partial charge is 0.506 e. The molecule has 2 rings (SSSR count). The number of anilines is 1. The summed E-state index contributed by atoms with van der Waals surface area (Å²) < 4.78 is 22.6. The number of hydrogen-bond donors (Lipinski definition) is 2. The fraction of sp³-hybridized carbons (Fsp3) is 0.500. The molecule has 1 aromatic carbocycles. The van der Waals surface area contributed by atoms with Crippen LogP contribution < -0.4 is 5.32 Å². The predicted octanol–water partition coefficient (Wildman–Crippen LogP) is 1.85. The maximum Gasteiger partial charge on any atom is 0.224 e. The van der Waals surface area contributed by atoms with E-state index in [4.69, 9.17) is 0 Å². The van der Waals surface area contributed by atoms with E-state index in [1.165, 1.54) is 0 Å². The standard InChI is InChI=1S/C14H19NO4S/c1-10-2-3-12(13(16)8-10)15-14(17)9-11-4-6-20(18,19)7-5-11/h2-3,8,11,16H,4-7,9H2,1H3,(H,15,17). The summed E-state index contributed by atoms with van der Waals surface area (Å²) in [6.07, 6.45) is 1.37. The summed E-state index contributed by atoms with van der Waals surface area (Å²) >= 11 is 0. The highest BCUT2D eigenvalue weighted by molar-refractivity contribution is 7.91. The molecule has 6 heteroatoms. The van der Waals surface area contributed by atoms with Gasteiger partial charge < -0.3 is 10.4 Å². The molecule has 1 aromatic rings. The number of phenolic OH excluding ortho intramolecular Hbond substituents is 1. The minimum Gasteiger partial charge on any atom is -0.506 e. The average Bonchev–Trinajstić information content (AvgIpc) is 2.35. The van der Waals surface area contributed by atoms with Crippen LogP contribution in [0.5, 0.6) is 5.75 Å². The molecule has 0 unspecified atom stereocenters. The molecule has 1 saturated heterocycles. The Hall–Kier alpha value is -1.56. The van der Waals surface area contributed by atoms with Gasteiger partial charge in [0.1, 0.15) is 15.6 Å². The lowest BCUT2D eigenvalue weighted by Gasteiger charge is -2.21. The molecule has 0 radical (unpaired) electrons. The van der Waals surface area contributed by atoms with Crippen LogP contribution in [0.1, 0.15) is 24.8 Å². The molecule has 5 nitrogen and oxygen atoms in total. The van der Waals surface area contributed by atoms with E-state index in [9.17, 15) is 18.3 Å². The fourth-order valence-corrected chi connectivity index (χ4v) is 3.94. The molecule has 0 bridgehead atoms. The lowest BCUT2D eigenvalue weighted by Crippen LogP contribution is -2.26. The van der Waals surface area contributed by atoms with Crippen LogP contribution >= 0.6 is 0 Å². The fourth-order valence-electron chi connectivity index (χ4n) is 2.35. The van der Waals surface area contributed by atoms with E-state index in [0.29, 0.717) is 24.9 Å². The minimum absolute atomic E-state index is 0.0459. The van der Waals surface area contributed by atoms with Crippen LogP contribution in [0.15, 0.2) is 18.2 Å². The van der Waals surface area contributed by atoms with Crippen molar-refractivity contribution in [2.24, 2.45) is 5.92 Å². The van der Waals surface area contributed by atoms with Crippen LogP contribution in [0.4, 0.5) is 5.69 Å². The van der Waals surface area contributed by atoms with Gasteiger partial charge in [0.2, 0.25) is 5.91 Å². The van der Waals surface area contributed by atoms with Crippen molar-refractivity contribution < 1.29 is 18.3 Å². The van der Waals surface area contributed by atoms with Gasteiger partial charge in [-0.15, -0.1) is 0 Å². The second kappa shape index (κ2) is 5.83. The summed E-state index contributed by atoms with van der Waals surface area (Å²) in [5, 5.41) is 12.4. The maximum absolute atomic E-state index is 11.9. The number of rotatable bonds is 3. The molecule has 110 valence electrons. The molecule has 20 heavy (non-hydrogen) atoms. The first-order valence-corrected chi connectivity index (χ1v) is 8.48. The van der Waals surface area contributed by atoms with Crippen molar-refractivity contribution in [1.29, 1.82) is 0 Å². The van der Waals surface area contributed by atoms with E-state index in [1.54, 1.807) is 12.1 Å². The lowest BCUT2D eigenvalue weighted by molar-refractivity contribution is -0.117. The summed E-state index contributed by atoms with van der Waals surface area (Å²) in [6, 6.07) is 5.05. The van der Waals surface area contributed by atoms with Crippen molar-refractivity contribution in [2.45, 2.75) is 26.2 Å². The monoisotopic (exact) mass is 297 g/mol. The summed E-state index contributed by atoms with van der Waals surface area (Å²) in [6.45, 7) is 1.85. The van der Waals surface area contributed by atoms with Gasteiger partial charge in [-0.25, -0.2) is 8.42 Å². The SMILES string of the molecule is Cc1ccc(NC(=O)CC2CCS(=O)(=O)CC2)c(O)c1. The highest BCUT2D eigenvalue weighted by Gasteiger charge is 2.25. The predicted molar refractivity (Wildman–Crippen MR) is 77.5 cm³/mol. The zero-order valence-electron chi connectivity index (χ0n) is 11.4. The molecule has 0 atom stereocenters. The summed E-state index contributed by atoms with van der Waals surface area (Å²) in [5.41, 5.74) is 1.31. The number of sulfone groups is 1. The number of nitrogens with one attached hydrogen (secondary N) is 1. The summed E-state index contributed by atoms with van der Waals surface area (Å²) in [5.74, 6) is 0.297. The Balaban J connectivity index is 1.90. The number of phenols is 1. The van der Waals surface area contributed by atoms with Crippen LogP contribution in [0.25, 0.3) is 0 Å². The number of carbonyl (C=O) groups is 1. The smallest absolute Gasteiger partial charge is 0.224 e. The van der Waals surface area contributed by atoms with E-state index in [1.807, 2.05) is 13.0 Å². The number of benzene rings is 1. The normalized spacial score (nSPS) is 18.6. The molecular formula is C14H19NO4S. The number of amides is 1. The second-order valence-corrected chi connectivity index (χ2v) is 7.67. The molecule has 0 aliphatic carbocycles. The topological polar surface area (TPSA) is 83.5 Å². The van der Waals surface area contributed by atoms with Gasteiger partial charge in [0, 0.05) is 6.42 Å². The van der Waals surface area contributed by atoms with Crippen molar-refractivity contribution in [3.8, 4) is 5.75 Å². The molecule has 2 N–H and O–H groups in total. The molecule has 1 fully saturated rings. The lowest BCUT2D eigenvalue weighted by atomic mass is 9.98. The zero-order chi connectivity index (χ0) is 14.8. The molecule has 0 saturated carbocycles. The Morgan fingerprint density at radius 1 is 1.35 bits per heavy atom. The van der Waals surface area contributed by atoms with Gasteiger partial charge in [-0.05, 0) is 43.4 Å². The zero-order valence-corrected chi connectivity index (χ0v) is 12.2. The van der Waals surface area contributed by atoms with E-state index in [2.05, 4.69) is 5.32 Å². The minimum atomic E-state index is -2.89. The van der Waals surface area contributed by atoms with E-state index < -0.39 is 9.84 Å². The number of aryl methyl sites for hydroxylation is 1. The van der Waals surface area contributed by atoms with Crippen molar-refractivity contribution in [3.05, 3.63) is 23.8 Å². The van der Waals surface area contributed by atoms with Crippen LogP contribution in [0.3, 0.4) is 0 Å². The van der Waals surface area contributed by atoms with Crippen LogP contribution in [-0.2, 0) is 14.6 Å². The van der Waals surface area contributed by atoms with E-state index in [0.717, 1.165) is 5.56 Å². The van der Waals surface area contributed by atoms with Gasteiger partial charge in [0.05, 0.1) is 17.2 Å². The van der Waals surface area contributed by atoms with Gasteiger partial charge in [-0.2, -0.15) is 0 Å². The third-order valence-electron chi connectivity index (χ3n) is 3.58. The average molecular weight is 297 g/mol. The Labute approximate surface area is 118 Å². The van der Waals surface area contributed by atoms with Crippen molar-refractivity contribution in [1.82, 2.24) is 0 Å². The second-order valence-electron chi connectivity index (χ2n) is 5.37. The molecule has 0 spiro atoms. The first-order chi connectivity index (χ1) is 9.35. The molecule has 1 amide bonds. The Morgan fingerprint density at radius 2 is 2.00 bits per heavy atom. The van der Waals surface area contributed by atoms with E-state index >= 15 is 0 Å². The summed E-state index contributed by atoms with van der Waals surface area (Å²) in [4.78, 5) is 11.9. The number of hydrogen-bond acceptors (Lipinski definition) is 4. The Bertz CT molecular complexity index is 596. The first kappa shape index (κ1) is 14.8. The number of carbonyl (C=O) groups excluding carboxylic acids is 1. The highest BCUT2D eigenvalue weighted by atomic mass is 32.2. The third-order valence-corrected chi connectivity index (χ3v) is 5.29. The van der Waals surface area contributed by atoms with E-state index in [-0.39, 0.29) is 29.1 Å². The van der Waals surface area contributed by atoms with Gasteiger partial charge in [-0.3, -0.25) is 4.79 Å². The van der Waals surface area contributed by atoms with Crippen LogP contribution in [0.2, 0.25) is 0 Å². The van der Waals surface area contributed by atoms with Crippen molar-refractivity contribution in [2.75, 3.05) is 16.8 Å². The molecular weight excluding hydrogens is 278 g/mol. The molecule has 1 aliphatic rings.